The van der Waals surface area contributed by atoms with Crippen LogP contribution >= 0.6 is 0 Å². The van der Waals surface area contributed by atoms with E-state index >= 15 is 0 Å². The summed E-state index contributed by atoms with van der Waals surface area (Å²) < 4.78 is 25.2. The van der Waals surface area contributed by atoms with Gasteiger partial charge in [0.15, 0.2) is 11.6 Å². The number of nitrogens with one attached hydrogen (secondary N) is 1. The van der Waals surface area contributed by atoms with Crippen LogP contribution < -0.4 is 11.2 Å². The van der Waals surface area contributed by atoms with Crippen LogP contribution in [0.25, 0.3) is 0 Å². The number of halogens is 2. The van der Waals surface area contributed by atoms with E-state index in [0.717, 1.165) is 6.07 Å². The number of rotatable bonds is 2. The minimum atomic E-state index is -1.06. The average molecular weight is 174 g/mol. The SMILES string of the molecule is Nc1cc(CNO)cc(F)c1F. The number of hydrogen-bond acceptors (Lipinski definition) is 3. The van der Waals surface area contributed by atoms with Gasteiger partial charge in [-0.3, -0.25) is 0 Å². The highest BCUT2D eigenvalue weighted by Crippen LogP contribution is 2.16. The zero-order valence-electron chi connectivity index (χ0n) is 6.14. The molecule has 0 unspecified atom stereocenters. The molecule has 1 rings (SSSR count). The van der Waals surface area contributed by atoms with E-state index in [0.29, 0.717) is 5.56 Å². The molecule has 66 valence electrons. The van der Waals surface area contributed by atoms with Gasteiger partial charge in [0.25, 0.3) is 0 Å². The summed E-state index contributed by atoms with van der Waals surface area (Å²) in [5.41, 5.74) is 7.06. The topological polar surface area (TPSA) is 58.3 Å². The van der Waals surface area contributed by atoms with E-state index in [1.54, 1.807) is 0 Å². The molecule has 1 aromatic carbocycles. The number of hydrogen-bond donors (Lipinski definition) is 3. The predicted octanol–water partition coefficient (Wildman–Crippen LogP) is 1.03. The summed E-state index contributed by atoms with van der Waals surface area (Å²) in [4.78, 5) is 0. The Bertz CT molecular complexity index is 268. The number of hydroxylamine groups is 1. The van der Waals surface area contributed by atoms with Crippen LogP contribution in [0.5, 0.6) is 0 Å². The minimum absolute atomic E-state index is 0.0292. The molecule has 0 heterocycles. The van der Waals surface area contributed by atoms with Gasteiger partial charge >= 0.3 is 0 Å². The van der Waals surface area contributed by atoms with Crippen molar-refractivity contribution < 1.29 is 14.0 Å². The fourth-order valence-electron chi connectivity index (χ4n) is 0.862. The van der Waals surface area contributed by atoms with Crippen molar-refractivity contribution in [2.45, 2.75) is 6.54 Å². The molecule has 1 aromatic rings. The molecule has 0 aliphatic carbocycles. The molecular formula is C7H8F2N2O. The first-order chi connectivity index (χ1) is 5.65. The zero-order valence-corrected chi connectivity index (χ0v) is 6.14. The minimum Gasteiger partial charge on any atom is -0.396 e. The van der Waals surface area contributed by atoms with Gasteiger partial charge in [0.2, 0.25) is 0 Å². The van der Waals surface area contributed by atoms with E-state index in [1.165, 1.54) is 6.07 Å². The summed E-state index contributed by atoms with van der Waals surface area (Å²) in [7, 11) is 0. The molecule has 0 aromatic heterocycles. The van der Waals surface area contributed by atoms with Gasteiger partial charge in [0.05, 0.1) is 5.69 Å². The third-order valence-electron chi connectivity index (χ3n) is 1.40. The average Bonchev–Trinajstić information content (AvgIpc) is 2.01. The van der Waals surface area contributed by atoms with Crippen molar-refractivity contribution in [1.82, 2.24) is 5.48 Å². The summed E-state index contributed by atoms with van der Waals surface area (Å²) in [5.74, 6) is -2.07. The first kappa shape index (κ1) is 8.89. The maximum absolute atomic E-state index is 12.6. The van der Waals surface area contributed by atoms with Gasteiger partial charge in [0.1, 0.15) is 0 Å². The van der Waals surface area contributed by atoms with Crippen LogP contribution in [0.4, 0.5) is 14.5 Å². The standard InChI is InChI=1S/C7H8F2N2O/c8-5-1-4(3-11-12)2-6(10)7(5)9/h1-2,11-12H,3,10H2. The first-order valence-electron chi connectivity index (χ1n) is 3.25. The molecule has 0 spiro atoms. The Kier molecular flexibility index (Phi) is 2.57. The number of benzene rings is 1. The second kappa shape index (κ2) is 3.46. The largest absolute Gasteiger partial charge is 0.396 e. The van der Waals surface area contributed by atoms with Crippen molar-refractivity contribution in [2.24, 2.45) is 0 Å². The zero-order chi connectivity index (χ0) is 9.14. The van der Waals surface area contributed by atoms with Crippen LogP contribution in [0.15, 0.2) is 12.1 Å². The lowest BCUT2D eigenvalue weighted by molar-refractivity contribution is 0.161. The van der Waals surface area contributed by atoms with E-state index in [-0.39, 0.29) is 12.2 Å². The van der Waals surface area contributed by atoms with Crippen LogP contribution in [-0.4, -0.2) is 5.21 Å². The molecule has 0 fully saturated rings. The van der Waals surface area contributed by atoms with Crippen molar-refractivity contribution >= 4 is 5.69 Å². The summed E-state index contributed by atoms with van der Waals surface area (Å²) in [6, 6.07) is 2.22. The molecule has 0 radical (unpaired) electrons. The third kappa shape index (κ3) is 1.69. The fourth-order valence-corrected chi connectivity index (χ4v) is 0.862. The molecule has 4 N–H and O–H groups in total. The maximum Gasteiger partial charge on any atom is 0.181 e. The van der Waals surface area contributed by atoms with E-state index in [4.69, 9.17) is 10.9 Å². The highest BCUT2D eigenvalue weighted by atomic mass is 19.2. The van der Waals surface area contributed by atoms with Crippen LogP contribution in [0.3, 0.4) is 0 Å². The fraction of sp³-hybridized carbons (Fsp3) is 0.143. The molecule has 0 aliphatic rings. The van der Waals surface area contributed by atoms with Gasteiger partial charge in [-0.05, 0) is 17.7 Å². The molecule has 3 nitrogen and oxygen atoms in total. The molecule has 0 atom stereocenters. The number of anilines is 1. The molecular weight excluding hydrogens is 166 g/mol. The smallest absolute Gasteiger partial charge is 0.181 e. The monoisotopic (exact) mass is 174 g/mol. The van der Waals surface area contributed by atoms with Gasteiger partial charge in [-0.15, -0.1) is 0 Å². The quantitative estimate of drug-likeness (QED) is 0.463. The lowest BCUT2D eigenvalue weighted by Crippen LogP contribution is -2.07. The van der Waals surface area contributed by atoms with E-state index < -0.39 is 11.6 Å². The van der Waals surface area contributed by atoms with Crippen molar-refractivity contribution in [3.8, 4) is 0 Å². The lowest BCUT2D eigenvalue weighted by atomic mass is 10.2. The van der Waals surface area contributed by atoms with Crippen LogP contribution in [0.2, 0.25) is 0 Å². The first-order valence-corrected chi connectivity index (χ1v) is 3.25. The number of nitrogen functional groups attached to an aromatic ring is 1. The van der Waals surface area contributed by atoms with Gasteiger partial charge in [-0.2, -0.15) is 0 Å². The Labute approximate surface area is 67.8 Å². The lowest BCUT2D eigenvalue weighted by Gasteiger charge is -2.02. The maximum atomic E-state index is 12.6. The second-order valence-electron chi connectivity index (χ2n) is 2.32. The Morgan fingerprint density at radius 3 is 2.58 bits per heavy atom. The van der Waals surface area contributed by atoms with Crippen LogP contribution in [0.1, 0.15) is 5.56 Å². The Balaban J connectivity index is 3.04. The molecule has 5 heteroatoms. The molecule has 0 bridgehead atoms. The van der Waals surface area contributed by atoms with E-state index in [2.05, 4.69) is 0 Å². The normalized spacial score (nSPS) is 10.2. The van der Waals surface area contributed by atoms with Gasteiger partial charge in [-0.25, -0.2) is 14.3 Å². The van der Waals surface area contributed by atoms with Gasteiger partial charge < -0.3 is 10.9 Å². The Hall–Kier alpha value is -1.20. The van der Waals surface area contributed by atoms with Crippen molar-refractivity contribution in [1.29, 1.82) is 0 Å². The van der Waals surface area contributed by atoms with Crippen molar-refractivity contribution in [3.05, 3.63) is 29.3 Å². The summed E-state index contributed by atoms with van der Waals surface area (Å²) >= 11 is 0. The molecule has 0 amide bonds. The summed E-state index contributed by atoms with van der Waals surface area (Å²) in [6.45, 7) is 0.0292. The Morgan fingerprint density at radius 1 is 1.42 bits per heavy atom. The molecule has 0 saturated carbocycles. The second-order valence-corrected chi connectivity index (χ2v) is 2.32. The highest BCUT2D eigenvalue weighted by molar-refractivity contribution is 5.43. The third-order valence-corrected chi connectivity index (χ3v) is 1.40. The van der Waals surface area contributed by atoms with Crippen molar-refractivity contribution in [3.63, 3.8) is 0 Å². The van der Waals surface area contributed by atoms with Crippen LogP contribution in [0, 0.1) is 11.6 Å². The van der Waals surface area contributed by atoms with Gasteiger partial charge in [0, 0.05) is 6.54 Å². The Morgan fingerprint density at radius 2 is 2.08 bits per heavy atom. The summed E-state index contributed by atoms with van der Waals surface area (Å²) in [6.07, 6.45) is 0. The molecule has 0 aliphatic heterocycles. The van der Waals surface area contributed by atoms with E-state index in [1.807, 2.05) is 5.48 Å². The van der Waals surface area contributed by atoms with E-state index in [9.17, 15) is 8.78 Å². The predicted molar refractivity (Wildman–Crippen MR) is 39.4 cm³/mol. The molecule has 12 heavy (non-hydrogen) atoms. The van der Waals surface area contributed by atoms with Crippen LogP contribution in [-0.2, 0) is 6.54 Å². The van der Waals surface area contributed by atoms with Gasteiger partial charge in [-0.1, -0.05) is 0 Å². The highest BCUT2D eigenvalue weighted by Gasteiger charge is 2.07. The molecule has 0 saturated heterocycles. The van der Waals surface area contributed by atoms with Crippen molar-refractivity contribution in [2.75, 3.05) is 5.73 Å². The number of nitrogens with two attached hydrogens (primary N) is 1. The summed E-state index contributed by atoms with van der Waals surface area (Å²) in [5, 5.41) is 8.26.